The fraction of sp³-hybridized carbons (Fsp3) is 0.0909. The largest absolute Gasteiger partial charge is 0.484 e. The molecule has 3 aromatic carbocycles. The molecule has 0 saturated carbocycles. The Kier molecular flexibility index (Phi) is 6.69. The molecule has 0 aliphatic rings. The summed E-state index contributed by atoms with van der Waals surface area (Å²) >= 11 is 0. The molecule has 8 heteroatoms. The Morgan fingerprint density at radius 1 is 0.933 bits per heavy atom. The molecule has 0 unspecified atom stereocenters. The smallest absolute Gasteiger partial charge is 0.416 e. The number of anilines is 2. The zero-order chi connectivity index (χ0) is 21.4. The lowest BCUT2D eigenvalue weighted by atomic mass is 10.2. The molecule has 3 aromatic rings. The van der Waals surface area contributed by atoms with Crippen LogP contribution in [0.5, 0.6) is 5.75 Å². The van der Waals surface area contributed by atoms with Crippen LogP contribution in [0, 0.1) is 0 Å². The Bertz CT molecular complexity index is 1000. The Morgan fingerprint density at radius 2 is 1.63 bits per heavy atom. The van der Waals surface area contributed by atoms with Crippen LogP contribution in [-0.4, -0.2) is 18.7 Å². The van der Waals surface area contributed by atoms with Crippen molar-refractivity contribution >= 4 is 23.5 Å². The summed E-state index contributed by atoms with van der Waals surface area (Å²) < 4.78 is 43.6. The lowest BCUT2D eigenvalue weighted by Crippen LogP contribution is -2.20. The van der Waals surface area contributed by atoms with Crippen LogP contribution < -0.4 is 15.5 Å². The average Bonchev–Trinajstić information content (AvgIpc) is 2.73. The normalized spacial score (nSPS) is 11.3. The number of carbonyl (C=O) groups excluding carboxylic acids is 1. The molecular formula is C22H18F3N3O2. The second kappa shape index (κ2) is 9.60. The lowest BCUT2D eigenvalue weighted by molar-refractivity contribution is -0.137. The number of nitrogens with one attached hydrogen (secondary N) is 2. The maximum absolute atomic E-state index is 12.7. The third kappa shape index (κ3) is 6.37. The molecule has 3 rings (SSSR count). The minimum Gasteiger partial charge on any atom is -0.484 e. The highest BCUT2D eigenvalue weighted by molar-refractivity contribution is 5.91. The van der Waals surface area contributed by atoms with E-state index < -0.39 is 11.7 Å². The summed E-state index contributed by atoms with van der Waals surface area (Å²) in [5.41, 5.74) is 3.44. The minimum absolute atomic E-state index is 0.139. The number of para-hydroxylation sites is 1. The van der Waals surface area contributed by atoms with E-state index in [1.54, 1.807) is 36.4 Å². The Hall–Kier alpha value is -3.81. The second-order valence-corrected chi connectivity index (χ2v) is 6.22. The highest BCUT2D eigenvalue weighted by atomic mass is 19.4. The van der Waals surface area contributed by atoms with Crippen molar-refractivity contribution in [3.63, 3.8) is 0 Å². The van der Waals surface area contributed by atoms with E-state index in [1.165, 1.54) is 18.3 Å². The van der Waals surface area contributed by atoms with Crippen LogP contribution in [0.15, 0.2) is 84.0 Å². The fourth-order valence-corrected chi connectivity index (χ4v) is 2.46. The van der Waals surface area contributed by atoms with E-state index in [9.17, 15) is 18.0 Å². The molecule has 0 atom stereocenters. The van der Waals surface area contributed by atoms with Crippen molar-refractivity contribution < 1.29 is 22.7 Å². The Morgan fingerprint density at radius 3 is 2.33 bits per heavy atom. The lowest BCUT2D eigenvalue weighted by Gasteiger charge is -2.08. The molecule has 0 heterocycles. The molecule has 1 amide bonds. The van der Waals surface area contributed by atoms with Gasteiger partial charge in [0, 0.05) is 5.69 Å². The van der Waals surface area contributed by atoms with Gasteiger partial charge >= 0.3 is 6.18 Å². The summed E-state index contributed by atoms with van der Waals surface area (Å²) in [6.45, 7) is -0.139. The first-order valence-corrected chi connectivity index (χ1v) is 8.94. The van der Waals surface area contributed by atoms with Crippen molar-refractivity contribution in [1.29, 1.82) is 0 Å². The molecular weight excluding hydrogens is 395 g/mol. The van der Waals surface area contributed by atoms with Gasteiger partial charge in [0.15, 0.2) is 6.61 Å². The number of hydrogen-bond donors (Lipinski definition) is 2. The number of amides is 1. The molecule has 0 spiro atoms. The van der Waals surface area contributed by atoms with E-state index >= 15 is 0 Å². The SMILES string of the molecule is O=C(COc1ccc(C=NNc2cccc(C(F)(F)F)c2)cc1)Nc1ccccc1. The van der Waals surface area contributed by atoms with Crippen molar-refractivity contribution in [3.05, 3.63) is 90.0 Å². The van der Waals surface area contributed by atoms with Gasteiger partial charge in [-0.3, -0.25) is 10.2 Å². The number of ether oxygens (including phenoxy) is 1. The van der Waals surface area contributed by atoms with Gasteiger partial charge in [0.05, 0.1) is 17.5 Å². The summed E-state index contributed by atoms with van der Waals surface area (Å²) in [5, 5.41) is 6.65. The third-order valence-corrected chi connectivity index (χ3v) is 3.90. The number of carbonyl (C=O) groups is 1. The second-order valence-electron chi connectivity index (χ2n) is 6.22. The zero-order valence-electron chi connectivity index (χ0n) is 15.7. The number of nitrogens with zero attached hydrogens (tertiary/aromatic N) is 1. The van der Waals surface area contributed by atoms with Crippen LogP contribution in [0.3, 0.4) is 0 Å². The number of alkyl halides is 3. The number of hydrazone groups is 1. The first-order chi connectivity index (χ1) is 14.4. The van der Waals surface area contributed by atoms with E-state index in [4.69, 9.17) is 4.74 Å². The topological polar surface area (TPSA) is 62.7 Å². The average molecular weight is 413 g/mol. The summed E-state index contributed by atoms with van der Waals surface area (Å²) in [6, 6.07) is 20.6. The number of hydrogen-bond acceptors (Lipinski definition) is 4. The molecule has 0 fully saturated rings. The monoisotopic (exact) mass is 413 g/mol. The highest BCUT2D eigenvalue weighted by Gasteiger charge is 2.30. The van der Waals surface area contributed by atoms with Gasteiger partial charge in [-0.05, 0) is 60.2 Å². The van der Waals surface area contributed by atoms with Gasteiger partial charge in [-0.15, -0.1) is 0 Å². The Balaban J connectivity index is 1.49. The number of halogens is 3. The third-order valence-electron chi connectivity index (χ3n) is 3.90. The molecule has 154 valence electrons. The quantitative estimate of drug-likeness (QED) is 0.415. The molecule has 5 nitrogen and oxygen atoms in total. The van der Waals surface area contributed by atoms with Crippen molar-refractivity contribution in [2.24, 2.45) is 5.10 Å². The first kappa shape index (κ1) is 20.9. The molecule has 0 bridgehead atoms. The molecule has 0 aliphatic heterocycles. The predicted molar refractivity (Wildman–Crippen MR) is 110 cm³/mol. The minimum atomic E-state index is -4.41. The van der Waals surface area contributed by atoms with E-state index in [0.717, 1.165) is 12.1 Å². The summed E-state index contributed by atoms with van der Waals surface area (Å²) in [5.74, 6) is 0.221. The van der Waals surface area contributed by atoms with Crippen LogP contribution in [0.4, 0.5) is 24.5 Å². The number of rotatable bonds is 7. The van der Waals surface area contributed by atoms with Crippen LogP contribution in [0.2, 0.25) is 0 Å². The van der Waals surface area contributed by atoms with Crippen molar-refractivity contribution in [2.45, 2.75) is 6.18 Å². The molecule has 2 N–H and O–H groups in total. The fourth-order valence-electron chi connectivity index (χ4n) is 2.46. The molecule has 0 aliphatic carbocycles. The maximum atomic E-state index is 12.7. The van der Waals surface area contributed by atoms with Gasteiger partial charge in [-0.1, -0.05) is 24.3 Å². The number of benzene rings is 3. The van der Waals surface area contributed by atoms with E-state index in [-0.39, 0.29) is 18.2 Å². The van der Waals surface area contributed by atoms with Gasteiger partial charge in [0.25, 0.3) is 5.91 Å². The van der Waals surface area contributed by atoms with Crippen LogP contribution in [0.1, 0.15) is 11.1 Å². The summed E-state index contributed by atoms with van der Waals surface area (Å²) in [6.07, 6.45) is -2.94. The van der Waals surface area contributed by atoms with Crippen molar-refractivity contribution in [2.75, 3.05) is 17.3 Å². The molecule has 0 radical (unpaired) electrons. The predicted octanol–water partition coefficient (Wildman–Crippen LogP) is 5.17. The Labute approximate surface area is 171 Å². The molecule has 30 heavy (non-hydrogen) atoms. The molecule has 0 aromatic heterocycles. The van der Waals surface area contributed by atoms with Gasteiger partial charge in [0.1, 0.15) is 5.75 Å². The van der Waals surface area contributed by atoms with Gasteiger partial charge in [-0.25, -0.2) is 0 Å². The van der Waals surface area contributed by atoms with E-state index in [0.29, 0.717) is 17.0 Å². The van der Waals surface area contributed by atoms with Gasteiger partial charge in [-0.2, -0.15) is 18.3 Å². The van der Waals surface area contributed by atoms with Crippen LogP contribution in [0.25, 0.3) is 0 Å². The van der Waals surface area contributed by atoms with Crippen LogP contribution >= 0.6 is 0 Å². The standard InChI is InChI=1S/C22H18F3N3O2/c23-22(24,25)17-5-4-8-19(13-17)28-26-14-16-9-11-20(12-10-16)30-15-21(29)27-18-6-2-1-3-7-18/h1-14,28H,15H2,(H,27,29). The maximum Gasteiger partial charge on any atom is 0.416 e. The van der Waals surface area contributed by atoms with E-state index in [2.05, 4.69) is 15.8 Å². The van der Waals surface area contributed by atoms with Gasteiger partial charge in [0.2, 0.25) is 0 Å². The first-order valence-electron chi connectivity index (χ1n) is 8.94. The van der Waals surface area contributed by atoms with Crippen LogP contribution in [-0.2, 0) is 11.0 Å². The highest BCUT2D eigenvalue weighted by Crippen LogP contribution is 2.30. The van der Waals surface area contributed by atoms with Gasteiger partial charge < -0.3 is 10.1 Å². The summed E-state index contributed by atoms with van der Waals surface area (Å²) in [7, 11) is 0. The van der Waals surface area contributed by atoms with Crippen molar-refractivity contribution in [1.82, 2.24) is 0 Å². The van der Waals surface area contributed by atoms with E-state index in [1.807, 2.05) is 18.2 Å². The zero-order valence-corrected chi connectivity index (χ0v) is 15.7. The molecule has 0 saturated heterocycles. The van der Waals surface area contributed by atoms with Crippen molar-refractivity contribution in [3.8, 4) is 5.75 Å². The summed E-state index contributed by atoms with van der Waals surface area (Å²) in [4.78, 5) is 11.9.